The minimum atomic E-state index is -0.229. The van der Waals surface area contributed by atoms with Gasteiger partial charge in [0.15, 0.2) is 11.0 Å². The molecule has 1 N–H and O–H groups in total. The zero-order chi connectivity index (χ0) is 24.6. The number of hydrogen-bond acceptors (Lipinski definition) is 6. The lowest BCUT2D eigenvalue weighted by Crippen LogP contribution is -2.20. The molecule has 7 nitrogen and oxygen atoms in total. The summed E-state index contributed by atoms with van der Waals surface area (Å²) in [5.41, 5.74) is 7.67. The number of carbonyl (C=O) groups excluding carboxylic acids is 1. The summed E-state index contributed by atoms with van der Waals surface area (Å²) in [4.78, 5) is 12.4. The smallest absolute Gasteiger partial charge is 0.250 e. The fourth-order valence-corrected chi connectivity index (χ4v) is 4.08. The molecule has 0 saturated heterocycles. The lowest BCUT2D eigenvalue weighted by molar-refractivity contribution is -0.118. The zero-order valence-corrected chi connectivity index (χ0v) is 20.7. The van der Waals surface area contributed by atoms with Crippen LogP contribution in [-0.4, -0.2) is 39.2 Å². The lowest BCUT2D eigenvalue weighted by Gasteiger charge is -2.11. The van der Waals surface area contributed by atoms with Crippen molar-refractivity contribution in [2.75, 3.05) is 12.4 Å². The molecule has 1 amide bonds. The quantitative estimate of drug-likeness (QED) is 0.200. The highest BCUT2D eigenvalue weighted by molar-refractivity contribution is 7.99. The molecule has 0 saturated carbocycles. The van der Waals surface area contributed by atoms with E-state index >= 15 is 0 Å². The van der Waals surface area contributed by atoms with Crippen molar-refractivity contribution >= 4 is 23.9 Å². The number of ether oxygens (including phenoxy) is 1. The molecule has 0 atom stereocenters. The van der Waals surface area contributed by atoms with Crippen molar-refractivity contribution in [3.8, 4) is 22.8 Å². The third kappa shape index (κ3) is 6.36. The van der Waals surface area contributed by atoms with E-state index in [9.17, 15) is 4.79 Å². The average Bonchev–Trinajstić information content (AvgIpc) is 3.29. The van der Waals surface area contributed by atoms with Crippen LogP contribution in [0.3, 0.4) is 0 Å². The first kappa shape index (κ1) is 24.2. The average molecular weight is 486 g/mol. The first-order valence-corrected chi connectivity index (χ1v) is 12.3. The Morgan fingerprint density at radius 3 is 2.29 bits per heavy atom. The second kappa shape index (κ2) is 11.5. The molecule has 35 heavy (non-hydrogen) atoms. The van der Waals surface area contributed by atoms with Gasteiger partial charge in [0.05, 0.1) is 18.6 Å². The Bertz CT molecular complexity index is 1300. The van der Waals surface area contributed by atoms with Crippen molar-refractivity contribution in [3.05, 3.63) is 89.5 Å². The first-order valence-electron chi connectivity index (χ1n) is 11.3. The normalized spacial score (nSPS) is 11.1. The largest absolute Gasteiger partial charge is 0.494 e. The van der Waals surface area contributed by atoms with Gasteiger partial charge < -0.3 is 4.74 Å². The molecule has 0 fully saturated rings. The Morgan fingerprint density at radius 1 is 0.971 bits per heavy atom. The van der Waals surface area contributed by atoms with Crippen molar-refractivity contribution in [1.82, 2.24) is 20.2 Å². The molecular formula is C27H27N5O2S. The Kier molecular flexibility index (Phi) is 7.95. The molecule has 4 rings (SSSR count). The number of hydrazone groups is 1. The van der Waals surface area contributed by atoms with E-state index in [-0.39, 0.29) is 11.7 Å². The molecule has 0 bridgehead atoms. The van der Waals surface area contributed by atoms with E-state index in [2.05, 4.69) is 20.7 Å². The standard InChI is InChI=1S/C27H27N5O2S/c1-4-34-24-15-9-21(10-16-24)17-28-29-25(33)18-35-27-31-30-26(22-11-5-19(2)6-12-22)32(27)23-13-7-20(3)8-14-23/h5-17H,4,18H2,1-3H3,(H,29,33)/b28-17-. The molecule has 178 valence electrons. The Balaban J connectivity index is 1.46. The van der Waals surface area contributed by atoms with Gasteiger partial charge in [-0.05, 0) is 62.7 Å². The first-order chi connectivity index (χ1) is 17.0. The molecule has 8 heteroatoms. The summed E-state index contributed by atoms with van der Waals surface area (Å²) >= 11 is 1.31. The SMILES string of the molecule is CCOc1ccc(/C=N\NC(=O)CSc2nnc(-c3ccc(C)cc3)n2-c2ccc(C)cc2)cc1. The predicted octanol–water partition coefficient (Wildman–Crippen LogP) is 5.19. The lowest BCUT2D eigenvalue weighted by atomic mass is 10.1. The van der Waals surface area contributed by atoms with Crippen molar-refractivity contribution in [2.24, 2.45) is 5.10 Å². The van der Waals surface area contributed by atoms with Crippen LogP contribution in [0.25, 0.3) is 17.1 Å². The molecule has 1 aromatic heterocycles. The summed E-state index contributed by atoms with van der Waals surface area (Å²) in [6.45, 7) is 6.65. The summed E-state index contributed by atoms with van der Waals surface area (Å²) in [5.74, 6) is 1.45. The molecule has 4 aromatic rings. The summed E-state index contributed by atoms with van der Waals surface area (Å²) in [7, 11) is 0. The van der Waals surface area contributed by atoms with E-state index in [1.807, 2.05) is 98.1 Å². The maximum atomic E-state index is 12.4. The molecule has 0 radical (unpaired) electrons. The van der Waals surface area contributed by atoms with Gasteiger partial charge in [-0.15, -0.1) is 10.2 Å². The minimum absolute atomic E-state index is 0.151. The number of amides is 1. The van der Waals surface area contributed by atoms with Gasteiger partial charge in [0, 0.05) is 11.3 Å². The van der Waals surface area contributed by atoms with E-state index in [0.29, 0.717) is 11.8 Å². The summed E-state index contributed by atoms with van der Waals surface area (Å²) < 4.78 is 7.41. The van der Waals surface area contributed by atoms with Crippen LogP contribution in [0.2, 0.25) is 0 Å². The molecular weight excluding hydrogens is 458 g/mol. The van der Waals surface area contributed by atoms with Gasteiger partial charge in [-0.1, -0.05) is 59.3 Å². The molecule has 3 aromatic carbocycles. The van der Waals surface area contributed by atoms with Crippen LogP contribution >= 0.6 is 11.8 Å². The molecule has 0 aliphatic carbocycles. The third-order valence-electron chi connectivity index (χ3n) is 5.16. The number of hydrogen-bond donors (Lipinski definition) is 1. The predicted molar refractivity (Wildman–Crippen MR) is 140 cm³/mol. The zero-order valence-electron chi connectivity index (χ0n) is 19.9. The molecule has 1 heterocycles. The van der Waals surface area contributed by atoms with Crippen molar-refractivity contribution in [3.63, 3.8) is 0 Å². The monoisotopic (exact) mass is 485 g/mol. The number of aryl methyl sites for hydroxylation is 2. The van der Waals surface area contributed by atoms with Gasteiger partial charge in [-0.2, -0.15) is 5.10 Å². The van der Waals surface area contributed by atoms with Gasteiger partial charge in [-0.25, -0.2) is 5.43 Å². The number of thioether (sulfide) groups is 1. The maximum absolute atomic E-state index is 12.4. The van der Waals surface area contributed by atoms with E-state index < -0.39 is 0 Å². The number of benzene rings is 3. The van der Waals surface area contributed by atoms with Gasteiger partial charge >= 0.3 is 0 Å². The fraction of sp³-hybridized carbons (Fsp3) is 0.185. The number of nitrogens with one attached hydrogen (secondary N) is 1. The molecule has 0 aliphatic heterocycles. The second-order valence-corrected chi connectivity index (χ2v) is 8.87. The van der Waals surface area contributed by atoms with Crippen LogP contribution < -0.4 is 10.2 Å². The van der Waals surface area contributed by atoms with Crippen LogP contribution in [0.4, 0.5) is 0 Å². The van der Waals surface area contributed by atoms with E-state index in [1.54, 1.807) is 6.21 Å². The van der Waals surface area contributed by atoms with Crippen LogP contribution in [0.5, 0.6) is 5.75 Å². The number of aromatic nitrogens is 3. The highest BCUT2D eigenvalue weighted by Crippen LogP contribution is 2.28. The summed E-state index contributed by atoms with van der Waals surface area (Å²) in [6.07, 6.45) is 1.60. The van der Waals surface area contributed by atoms with Crippen molar-refractivity contribution < 1.29 is 9.53 Å². The molecule has 0 spiro atoms. The molecule has 0 unspecified atom stereocenters. The van der Waals surface area contributed by atoms with Crippen LogP contribution in [0.1, 0.15) is 23.6 Å². The second-order valence-electron chi connectivity index (χ2n) is 7.93. The van der Waals surface area contributed by atoms with Crippen molar-refractivity contribution in [1.29, 1.82) is 0 Å². The van der Waals surface area contributed by atoms with Gasteiger partial charge in [0.25, 0.3) is 5.91 Å². The third-order valence-corrected chi connectivity index (χ3v) is 6.09. The topological polar surface area (TPSA) is 81.4 Å². The maximum Gasteiger partial charge on any atom is 0.250 e. The highest BCUT2D eigenvalue weighted by atomic mass is 32.2. The van der Waals surface area contributed by atoms with Crippen molar-refractivity contribution in [2.45, 2.75) is 25.9 Å². The fourth-order valence-electron chi connectivity index (χ4n) is 3.34. The number of carbonyl (C=O) groups is 1. The van der Waals surface area contributed by atoms with Gasteiger partial charge in [0.2, 0.25) is 0 Å². The van der Waals surface area contributed by atoms with E-state index in [4.69, 9.17) is 4.74 Å². The van der Waals surface area contributed by atoms with Crippen LogP contribution in [0.15, 0.2) is 83.1 Å². The Morgan fingerprint density at radius 2 is 1.63 bits per heavy atom. The summed E-state index contributed by atoms with van der Waals surface area (Å²) in [5, 5.41) is 13.5. The highest BCUT2D eigenvalue weighted by Gasteiger charge is 2.17. The number of nitrogens with zero attached hydrogens (tertiary/aromatic N) is 4. The van der Waals surface area contributed by atoms with Gasteiger partial charge in [0.1, 0.15) is 5.75 Å². The van der Waals surface area contributed by atoms with Gasteiger partial charge in [-0.3, -0.25) is 9.36 Å². The minimum Gasteiger partial charge on any atom is -0.494 e. The summed E-state index contributed by atoms with van der Waals surface area (Å²) in [6, 6.07) is 23.8. The van der Waals surface area contributed by atoms with Crippen LogP contribution in [0, 0.1) is 13.8 Å². The Hall–Kier alpha value is -3.91. The number of rotatable bonds is 9. The van der Waals surface area contributed by atoms with Crippen LogP contribution in [-0.2, 0) is 4.79 Å². The Labute approximate surface area is 209 Å². The molecule has 0 aliphatic rings. The van der Waals surface area contributed by atoms with E-state index in [1.165, 1.54) is 17.3 Å². The van der Waals surface area contributed by atoms with E-state index in [0.717, 1.165) is 34.0 Å².